The molecule has 0 spiro atoms. The number of aliphatic carboxylic acids is 1. The number of aromatic amines is 1. The van der Waals surface area contributed by atoms with Crippen LogP contribution in [0.1, 0.15) is 31.9 Å². The molecular formula is C11H13N3O4. The summed E-state index contributed by atoms with van der Waals surface area (Å²) in [5, 5.41) is 17.8. The van der Waals surface area contributed by atoms with Gasteiger partial charge in [-0.3, -0.25) is 14.3 Å². The number of carboxylic acids is 1. The Bertz CT molecular complexity index is 606. The Balaban J connectivity index is 3.38. The van der Waals surface area contributed by atoms with Crippen molar-refractivity contribution in [3.05, 3.63) is 32.6 Å². The molecular weight excluding hydrogens is 238 g/mol. The van der Waals surface area contributed by atoms with Crippen molar-refractivity contribution in [1.29, 1.82) is 5.26 Å². The molecule has 0 saturated carbocycles. The average Bonchev–Trinajstić information content (AvgIpc) is 2.26. The standard InChI is InChI=1S/C11H13N3O4/c1-6(2)3-8(10(16)17)14-5-7(4-12)9(15)13-11(14)18/h5-6,8H,3H2,1-2H3,(H,16,17)(H,13,15,18). The molecule has 0 aliphatic rings. The van der Waals surface area contributed by atoms with Crippen molar-refractivity contribution in [1.82, 2.24) is 9.55 Å². The molecule has 1 aromatic rings. The van der Waals surface area contributed by atoms with Crippen LogP contribution in [-0.2, 0) is 4.79 Å². The normalized spacial score (nSPS) is 12.1. The van der Waals surface area contributed by atoms with Gasteiger partial charge in [-0.2, -0.15) is 5.26 Å². The van der Waals surface area contributed by atoms with Gasteiger partial charge in [0.25, 0.3) is 5.56 Å². The van der Waals surface area contributed by atoms with Gasteiger partial charge in [0.2, 0.25) is 0 Å². The number of H-pyrrole nitrogens is 1. The highest BCUT2D eigenvalue weighted by atomic mass is 16.4. The zero-order chi connectivity index (χ0) is 13.9. The summed E-state index contributed by atoms with van der Waals surface area (Å²) in [5.74, 6) is -1.13. The van der Waals surface area contributed by atoms with Crippen molar-refractivity contribution >= 4 is 5.97 Å². The van der Waals surface area contributed by atoms with Gasteiger partial charge in [-0.25, -0.2) is 9.59 Å². The molecule has 0 aromatic carbocycles. The molecule has 0 aliphatic carbocycles. The van der Waals surface area contributed by atoms with Crippen molar-refractivity contribution in [3.8, 4) is 6.07 Å². The van der Waals surface area contributed by atoms with E-state index in [-0.39, 0.29) is 17.9 Å². The van der Waals surface area contributed by atoms with Crippen LogP contribution in [0.15, 0.2) is 15.8 Å². The molecule has 1 unspecified atom stereocenters. The number of carboxylic acid groups (broad SMARTS) is 1. The van der Waals surface area contributed by atoms with Crippen LogP contribution in [0, 0.1) is 17.2 Å². The van der Waals surface area contributed by atoms with Crippen LogP contribution in [-0.4, -0.2) is 20.6 Å². The molecule has 1 rings (SSSR count). The molecule has 2 N–H and O–H groups in total. The van der Waals surface area contributed by atoms with Crippen molar-refractivity contribution in [2.45, 2.75) is 26.3 Å². The van der Waals surface area contributed by atoms with Gasteiger partial charge in [0.1, 0.15) is 17.7 Å². The maximum atomic E-state index is 11.6. The van der Waals surface area contributed by atoms with E-state index >= 15 is 0 Å². The van der Waals surface area contributed by atoms with E-state index in [4.69, 9.17) is 10.4 Å². The molecule has 1 aromatic heterocycles. The van der Waals surface area contributed by atoms with Gasteiger partial charge in [0.05, 0.1) is 0 Å². The molecule has 0 aliphatic heterocycles. The molecule has 7 nitrogen and oxygen atoms in total. The first-order chi connectivity index (χ1) is 8.36. The summed E-state index contributed by atoms with van der Waals surface area (Å²) in [6.07, 6.45) is 1.22. The van der Waals surface area contributed by atoms with Crippen LogP contribution in [0.3, 0.4) is 0 Å². The highest BCUT2D eigenvalue weighted by Crippen LogP contribution is 2.15. The van der Waals surface area contributed by atoms with Gasteiger partial charge >= 0.3 is 11.7 Å². The number of nitrogens with zero attached hydrogens (tertiary/aromatic N) is 2. The molecule has 1 atom stereocenters. The molecule has 18 heavy (non-hydrogen) atoms. The molecule has 0 bridgehead atoms. The third-order valence-electron chi connectivity index (χ3n) is 2.40. The highest BCUT2D eigenvalue weighted by Gasteiger charge is 2.23. The second-order valence-corrected chi connectivity index (χ2v) is 4.30. The lowest BCUT2D eigenvalue weighted by molar-refractivity contribution is -0.141. The summed E-state index contributed by atoms with van der Waals surface area (Å²) < 4.78 is 0.877. The number of nitriles is 1. The average molecular weight is 251 g/mol. The number of aromatic nitrogens is 2. The van der Waals surface area contributed by atoms with Gasteiger partial charge in [-0.15, -0.1) is 0 Å². The minimum absolute atomic E-state index is 0.0514. The molecule has 7 heteroatoms. The Morgan fingerprint density at radius 2 is 2.17 bits per heavy atom. The second-order valence-electron chi connectivity index (χ2n) is 4.30. The van der Waals surface area contributed by atoms with Crippen LogP contribution >= 0.6 is 0 Å². The van der Waals surface area contributed by atoms with Crippen LogP contribution in [0.4, 0.5) is 0 Å². The molecule has 96 valence electrons. The monoisotopic (exact) mass is 251 g/mol. The van der Waals surface area contributed by atoms with Crippen molar-refractivity contribution in [3.63, 3.8) is 0 Å². The predicted octanol–water partition coefficient (Wildman–Crippen LogP) is 0.0801. The topological polar surface area (TPSA) is 116 Å². The smallest absolute Gasteiger partial charge is 0.329 e. The fraction of sp³-hybridized carbons (Fsp3) is 0.455. The van der Waals surface area contributed by atoms with Gasteiger partial charge in [0, 0.05) is 6.20 Å². The van der Waals surface area contributed by atoms with E-state index < -0.39 is 23.3 Å². The zero-order valence-corrected chi connectivity index (χ0v) is 10.0. The summed E-state index contributed by atoms with van der Waals surface area (Å²) in [4.78, 5) is 35.8. The lowest BCUT2D eigenvalue weighted by atomic mass is 10.0. The first-order valence-corrected chi connectivity index (χ1v) is 5.35. The van der Waals surface area contributed by atoms with E-state index in [0.29, 0.717) is 0 Å². The summed E-state index contributed by atoms with van der Waals surface area (Å²) in [5.41, 5.74) is -1.93. The number of hydrogen-bond acceptors (Lipinski definition) is 4. The van der Waals surface area contributed by atoms with E-state index in [0.717, 1.165) is 10.8 Å². The first-order valence-electron chi connectivity index (χ1n) is 5.35. The fourth-order valence-electron chi connectivity index (χ4n) is 1.58. The number of carbonyl (C=O) groups is 1. The van der Waals surface area contributed by atoms with Gasteiger partial charge < -0.3 is 5.11 Å². The SMILES string of the molecule is CC(C)CC(C(=O)O)n1cc(C#N)c(=O)[nH]c1=O. The van der Waals surface area contributed by atoms with Crippen LogP contribution < -0.4 is 11.2 Å². The van der Waals surface area contributed by atoms with E-state index in [1.54, 1.807) is 6.07 Å². The number of rotatable bonds is 4. The lowest BCUT2D eigenvalue weighted by Crippen LogP contribution is -2.36. The lowest BCUT2D eigenvalue weighted by Gasteiger charge is -2.17. The number of nitrogens with one attached hydrogen (secondary N) is 1. The zero-order valence-electron chi connectivity index (χ0n) is 10.0. The third-order valence-corrected chi connectivity index (χ3v) is 2.40. The molecule has 1 heterocycles. The van der Waals surface area contributed by atoms with Crippen LogP contribution in [0.25, 0.3) is 0 Å². The maximum Gasteiger partial charge on any atom is 0.329 e. The Hall–Kier alpha value is -2.36. The summed E-state index contributed by atoms with van der Waals surface area (Å²) in [6.45, 7) is 3.63. The van der Waals surface area contributed by atoms with Gasteiger partial charge in [-0.05, 0) is 12.3 Å². The Morgan fingerprint density at radius 3 is 2.61 bits per heavy atom. The third kappa shape index (κ3) is 2.85. The van der Waals surface area contributed by atoms with Crippen molar-refractivity contribution in [2.75, 3.05) is 0 Å². The summed E-state index contributed by atoms with van der Waals surface area (Å²) >= 11 is 0. The minimum atomic E-state index is -1.18. The van der Waals surface area contributed by atoms with Gasteiger partial charge in [0.15, 0.2) is 0 Å². The van der Waals surface area contributed by atoms with E-state index in [9.17, 15) is 14.4 Å². The quantitative estimate of drug-likeness (QED) is 0.786. The Kier molecular flexibility index (Phi) is 4.05. The fourth-order valence-corrected chi connectivity index (χ4v) is 1.58. The van der Waals surface area contributed by atoms with E-state index in [1.165, 1.54) is 0 Å². The second kappa shape index (κ2) is 5.31. The minimum Gasteiger partial charge on any atom is -0.480 e. The van der Waals surface area contributed by atoms with Crippen LogP contribution in [0.5, 0.6) is 0 Å². The first kappa shape index (κ1) is 13.7. The van der Waals surface area contributed by atoms with Crippen molar-refractivity contribution in [2.24, 2.45) is 5.92 Å². The number of hydrogen-bond donors (Lipinski definition) is 2. The van der Waals surface area contributed by atoms with E-state index in [2.05, 4.69) is 0 Å². The highest BCUT2D eigenvalue weighted by molar-refractivity contribution is 5.71. The molecule has 0 radical (unpaired) electrons. The van der Waals surface area contributed by atoms with Crippen molar-refractivity contribution < 1.29 is 9.90 Å². The predicted molar refractivity (Wildman–Crippen MR) is 62.2 cm³/mol. The van der Waals surface area contributed by atoms with Crippen LogP contribution in [0.2, 0.25) is 0 Å². The van der Waals surface area contributed by atoms with E-state index in [1.807, 2.05) is 18.8 Å². The summed E-state index contributed by atoms with van der Waals surface area (Å²) in [7, 11) is 0. The summed E-state index contributed by atoms with van der Waals surface area (Å²) in [6, 6.07) is 0.518. The largest absolute Gasteiger partial charge is 0.480 e. The Labute approximate surface area is 102 Å². The maximum absolute atomic E-state index is 11.6. The Morgan fingerprint density at radius 1 is 1.56 bits per heavy atom. The molecule has 0 amide bonds. The molecule has 0 saturated heterocycles. The molecule has 0 fully saturated rings. The van der Waals surface area contributed by atoms with Gasteiger partial charge in [-0.1, -0.05) is 13.8 Å².